The van der Waals surface area contributed by atoms with Crippen LogP contribution in [-0.4, -0.2) is 61.1 Å². The molecule has 0 spiro atoms. The van der Waals surface area contributed by atoms with Gasteiger partial charge < -0.3 is 18.9 Å². The van der Waals surface area contributed by atoms with Crippen LogP contribution in [0.15, 0.2) is 5.11 Å². The van der Waals surface area contributed by atoms with Crippen molar-refractivity contribution in [1.29, 1.82) is 0 Å². The molecule has 0 saturated heterocycles. The van der Waals surface area contributed by atoms with Gasteiger partial charge in [0, 0.05) is 32.6 Å². The summed E-state index contributed by atoms with van der Waals surface area (Å²) < 4.78 is 19.7. The predicted molar refractivity (Wildman–Crippen MR) is 82.3 cm³/mol. The first kappa shape index (κ1) is 22.9. The lowest BCUT2D eigenvalue weighted by Gasteiger charge is -2.33. The van der Waals surface area contributed by atoms with Gasteiger partial charge in [-0.15, -0.1) is 0 Å². The molecule has 12 nitrogen and oxygen atoms in total. The lowest BCUT2D eigenvalue weighted by Crippen LogP contribution is -2.53. The van der Waals surface area contributed by atoms with E-state index in [9.17, 15) is 24.0 Å². The van der Waals surface area contributed by atoms with Gasteiger partial charge in [-0.3, -0.25) is 24.0 Å². The summed E-state index contributed by atoms with van der Waals surface area (Å²) in [4.78, 5) is 59.2. The largest absolute Gasteiger partial charge is 0.458 e. The Labute approximate surface area is 148 Å². The van der Waals surface area contributed by atoms with E-state index >= 15 is 0 Å². The summed E-state index contributed by atoms with van der Waals surface area (Å²) >= 11 is 0. The number of aldehydes is 1. The summed E-state index contributed by atoms with van der Waals surface area (Å²) in [5.41, 5.74) is 8.47. The molecule has 0 aliphatic heterocycles. The number of carbonyl (C=O) groups excluding carboxylic acids is 5. The number of azide groups is 1. The lowest BCUT2D eigenvalue weighted by atomic mass is 10.0. The predicted octanol–water partition coefficient (Wildman–Crippen LogP) is 0.222. The fourth-order valence-electron chi connectivity index (χ4n) is 1.96. The molecule has 0 aliphatic carbocycles. The van der Waals surface area contributed by atoms with E-state index in [1.807, 2.05) is 0 Å². The molecule has 0 fully saturated rings. The van der Waals surface area contributed by atoms with Crippen molar-refractivity contribution in [2.24, 2.45) is 5.11 Å². The summed E-state index contributed by atoms with van der Waals surface area (Å²) in [5.74, 6) is -3.47. The van der Waals surface area contributed by atoms with Gasteiger partial charge in [0.15, 0.2) is 24.6 Å². The van der Waals surface area contributed by atoms with Crippen molar-refractivity contribution in [3.8, 4) is 0 Å². The Balaban J connectivity index is 6.02. The average Bonchev–Trinajstić information content (AvgIpc) is 2.51. The minimum atomic E-state index is -1.66. The molecule has 0 aromatic heterocycles. The normalized spacial score (nSPS) is 14.5. The molecule has 12 heteroatoms. The van der Waals surface area contributed by atoms with Crippen LogP contribution in [0.4, 0.5) is 0 Å². The Bertz CT molecular complexity index is 596. The maximum atomic E-state index is 11.4. The first-order chi connectivity index (χ1) is 12.1. The molecule has 0 aromatic carbocycles. The van der Waals surface area contributed by atoms with Crippen molar-refractivity contribution in [3.05, 3.63) is 10.4 Å². The first-order valence-corrected chi connectivity index (χ1v) is 7.27. The summed E-state index contributed by atoms with van der Waals surface area (Å²) in [6, 6.07) is 0. The van der Waals surface area contributed by atoms with Crippen molar-refractivity contribution in [2.45, 2.75) is 52.1 Å². The van der Waals surface area contributed by atoms with Crippen LogP contribution in [0.25, 0.3) is 10.4 Å². The molecule has 0 radical (unpaired) electrons. The topological polar surface area (TPSA) is 171 Å². The van der Waals surface area contributed by atoms with E-state index in [4.69, 9.17) is 24.5 Å². The number of hydrogen-bond acceptors (Lipinski definition) is 10. The van der Waals surface area contributed by atoms with Crippen molar-refractivity contribution in [1.82, 2.24) is 0 Å². The van der Waals surface area contributed by atoms with Gasteiger partial charge in [0.2, 0.25) is 0 Å². The number of esters is 4. The van der Waals surface area contributed by atoms with E-state index in [-0.39, 0.29) is 6.29 Å². The summed E-state index contributed by atoms with van der Waals surface area (Å²) in [7, 11) is 0. The molecule has 0 bridgehead atoms. The van der Waals surface area contributed by atoms with Gasteiger partial charge >= 0.3 is 23.9 Å². The van der Waals surface area contributed by atoms with E-state index in [0.29, 0.717) is 0 Å². The van der Waals surface area contributed by atoms with Crippen LogP contribution in [0.5, 0.6) is 0 Å². The third-order valence-electron chi connectivity index (χ3n) is 2.70. The minimum Gasteiger partial charge on any atom is -0.458 e. The van der Waals surface area contributed by atoms with Crippen molar-refractivity contribution >= 4 is 30.2 Å². The van der Waals surface area contributed by atoms with E-state index in [0.717, 1.165) is 27.7 Å². The molecule has 0 saturated carbocycles. The van der Waals surface area contributed by atoms with Gasteiger partial charge in [-0.2, -0.15) is 0 Å². The Morgan fingerprint density at radius 2 is 1.35 bits per heavy atom. The van der Waals surface area contributed by atoms with Crippen molar-refractivity contribution in [3.63, 3.8) is 0 Å². The molecule has 0 unspecified atom stereocenters. The Morgan fingerprint density at radius 1 is 0.885 bits per heavy atom. The maximum absolute atomic E-state index is 11.4. The molecule has 4 atom stereocenters. The van der Waals surface area contributed by atoms with Crippen LogP contribution in [0.2, 0.25) is 0 Å². The second-order valence-corrected chi connectivity index (χ2v) is 4.92. The van der Waals surface area contributed by atoms with Gasteiger partial charge in [-0.1, -0.05) is 5.11 Å². The third-order valence-corrected chi connectivity index (χ3v) is 2.70. The highest BCUT2D eigenvalue weighted by Crippen LogP contribution is 2.19. The molecule has 0 heterocycles. The molecule has 0 amide bonds. The maximum Gasteiger partial charge on any atom is 0.303 e. The smallest absolute Gasteiger partial charge is 0.303 e. The zero-order valence-electron chi connectivity index (χ0n) is 14.6. The SMILES string of the molecule is CC(=O)O[C@H]([C@H](OC(C)=O)[C@H](CN=[N+]=[N-])OC(C)=O)[C@@H](C=O)OC(C)=O. The number of ether oxygens (including phenoxy) is 4. The van der Waals surface area contributed by atoms with E-state index < -0.39 is 54.8 Å². The summed E-state index contributed by atoms with van der Waals surface area (Å²) in [6.45, 7) is 3.56. The second-order valence-electron chi connectivity index (χ2n) is 4.92. The summed E-state index contributed by atoms with van der Waals surface area (Å²) in [5, 5.41) is 3.24. The zero-order chi connectivity index (χ0) is 20.3. The van der Waals surface area contributed by atoms with E-state index in [1.165, 1.54) is 0 Å². The molecular formula is C14H19N3O9. The Hall–Kier alpha value is -3.14. The Morgan fingerprint density at radius 3 is 1.73 bits per heavy atom. The van der Waals surface area contributed by atoms with Gasteiger partial charge in [0.25, 0.3) is 0 Å². The lowest BCUT2D eigenvalue weighted by molar-refractivity contribution is -0.196. The monoisotopic (exact) mass is 373 g/mol. The molecule has 0 N–H and O–H groups in total. The standard InChI is InChI=1S/C14H19N3O9/c1-7(19)23-11(5-16-17-15)13(25-9(3)21)14(26-10(4)22)12(6-18)24-8(2)20/h6,11-14H,5H2,1-4H3/t11-,12+,13+,14-/m0/s1. The first-order valence-electron chi connectivity index (χ1n) is 7.27. The highest BCUT2D eigenvalue weighted by atomic mass is 16.6. The molecule has 144 valence electrons. The van der Waals surface area contributed by atoms with Gasteiger partial charge in [0.1, 0.15) is 6.10 Å². The quantitative estimate of drug-likeness (QED) is 0.130. The van der Waals surface area contributed by atoms with E-state index in [1.54, 1.807) is 0 Å². The molecule has 0 rings (SSSR count). The molecular weight excluding hydrogens is 354 g/mol. The Kier molecular flexibility index (Phi) is 10.0. The fraction of sp³-hybridized carbons (Fsp3) is 0.643. The summed E-state index contributed by atoms with van der Waals surface area (Å²) in [6.07, 6.45) is -6.14. The van der Waals surface area contributed by atoms with Crippen LogP contribution in [0, 0.1) is 0 Å². The zero-order valence-corrected chi connectivity index (χ0v) is 14.6. The molecule has 0 aliphatic rings. The minimum absolute atomic E-state index is 0.157. The average molecular weight is 373 g/mol. The van der Waals surface area contributed by atoms with Crippen molar-refractivity contribution < 1.29 is 42.9 Å². The molecule has 26 heavy (non-hydrogen) atoms. The highest BCUT2D eigenvalue weighted by Gasteiger charge is 2.43. The number of rotatable bonds is 10. The van der Waals surface area contributed by atoms with Crippen LogP contribution >= 0.6 is 0 Å². The van der Waals surface area contributed by atoms with Crippen LogP contribution in [0.3, 0.4) is 0 Å². The number of nitrogens with zero attached hydrogens (tertiary/aromatic N) is 3. The van der Waals surface area contributed by atoms with Gasteiger partial charge in [-0.05, 0) is 5.53 Å². The fourth-order valence-corrected chi connectivity index (χ4v) is 1.96. The van der Waals surface area contributed by atoms with Gasteiger partial charge in [0.05, 0.1) is 6.54 Å². The highest BCUT2D eigenvalue weighted by molar-refractivity contribution is 5.72. The second kappa shape index (κ2) is 11.4. The van der Waals surface area contributed by atoms with E-state index in [2.05, 4.69) is 10.0 Å². The number of carbonyl (C=O) groups is 5. The van der Waals surface area contributed by atoms with Crippen LogP contribution in [0.1, 0.15) is 27.7 Å². The van der Waals surface area contributed by atoms with Gasteiger partial charge in [-0.25, -0.2) is 0 Å². The molecule has 0 aromatic rings. The van der Waals surface area contributed by atoms with Crippen molar-refractivity contribution in [2.75, 3.05) is 6.54 Å². The van der Waals surface area contributed by atoms with Crippen LogP contribution in [-0.2, 0) is 42.9 Å². The van der Waals surface area contributed by atoms with Crippen LogP contribution < -0.4 is 0 Å². The number of hydrogen-bond donors (Lipinski definition) is 0. The third kappa shape index (κ3) is 8.64.